The minimum atomic E-state index is 0.162. The van der Waals surface area contributed by atoms with Gasteiger partial charge in [-0.1, -0.05) is 30.3 Å². The van der Waals surface area contributed by atoms with E-state index in [0.717, 1.165) is 23.1 Å². The van der Waals surface area contributed by atoms with E-state index in [2.05, 4.69) is 39.7 Å². The molecule has 0 spiro atoms. The molecular formula is C19H20N4O. The van der Waals surface area contributed by atoms with Crippen molar-refractivity contribution in [2.75, 3.05) is 17.7 Å². The van der Waals surface area contributed by atoms with E-state index in [1.54, 1.807) is 13.4 Å². The van der Waals surface area contributed by atoms with Gasteiger partial charge in [-0.25, -0.2) is 9.97 Å². The molecule has 0 bridgehead atoms. The first-order chi connectivity index (χ1) is 11.7. The summed E-state index contributed by atoms with van der Waals surface area (Å²) >= 11 is 0. The van der Waals surface area contributed by atoms with E-state index in [1.807, 2.05) is 48.5 Å². The van der Waals surface area contributed by atoms with Crippen LogP contribution >= 0.6 is 0 Å². The van der Waals surface area contributed by atoms with Gasteiger partial charge in [-0.2, -0.15) is 0 Å². The van der Waals surface area contributed by atoms with Crippen molar-refractivity contribution in [2.45, 2.75) is 13.0 Å². The number of methoxy groups -OCH3 is 1. The van der Waals surface area contributed by atoms with E-state index < -0.39 is 0 Å². The summed E-state index contributed by atoms with van der Waals surface area (Å²) in [7, 11) is 1.65. The van der Waals surface area contributed by atoms with Crippen LogP contribution in [0.4, 0.5) is 17.3 Å². The van der Waals surface area contributed by atoms with Crippen LogP contribution in [0, 0.1) is 0 Å². The van der Waals surface area contributed by atoms with Crippen LogP contribution in [0.25, 0.3) is 0 Å². The fourth-order valence-corrected chi connectivity index (χ4v) is 2.37. The minimum absolute atomic E-state index is 0.162. The molecule has 1 atom stereocenters. The largest absolute Gasteiger partial charge is 0.497 e. The lowest BCUT2D eigenvalue weighted by molar-refractivity contribution is 0.415. The smallest absolute Gasteiger partial charge is 0.135 e. The summed E-state index contributed by atoms with van der Waals surface area (Å²) in [5.74, 6) is 2.33. The van der Waals surface area contributed by atoms with Gasteiger partial charge in [-0.05, 0) is 36.8 Å². The lowest BCUT2D eigenvalue weighted by Gasteiger charge is -2.15. The predicted molar refractivity (Wildman–Crippen MR) is 96.8 cm³/mol. The van der Waals surface area contributed by atoms with Crippen molar-refractivity contribution in [3.05, 3.63) is 72.6 Å². The van der Waals surface area contributed by atoms with Gasteiger partial charge in [0.1, 0.15) is 23.7 Å². The molecule has 2 aromatic carbocycles. The molecule has 5 heteroatoms. The molecule has 2 N–H and O–H groups in total. The van der Waals surface area contributed by atoms with E-state index in [-0.39, 0.29) is 6.04 Å². The molecule has 5 nitrogen and oxygen atoms in total. The van der Waals surface area contributed by atoms with Crippen molar-refractivity contribution in [2.24, 2.45) is 0 Å². The van der Waals surface area contributed by atoms with E-state index in [4.69, 9.17) is 4.74 Å². The molecule has 0 radical (unpaired) electrons. The first kappa shape index (κ1) is 15.8. The summed E-state index contributed by atoms with van der Waals surface area (Å²) in [5.41, 5.74) is 2.15. The number of aromatic nitrogens is 2. The van der Waals surface area contributed by atoms with Crippen LogP contribution in [0.2, 0.25) is 0 Å². The van der Waals surface area contributed by atoms with Crippen LogP contribution in [0.15, 0.2) is 67.0 Å². The number of benzene rings is 2. The van der Waals surface area contributed by atoms with Crippen molar-refractivity contribution in [1.29, 1.82) is 0 Å². The van der Waals surface area contributed by atoms with Crippen molar-refractivity contribution >= 4 is 17.3 Å². The van der Waals surface area contributed by atoms with E-state index in [1.165, 1.54) is 5.56 Å². The van der Waals surface area contributed by atoms with Gasteiger partial charge in [0, 0.05) is 17.8 Å². The summed E-state index contributed by atoms with van der Waals surface area (Å²) in [4.78, 5) is 8.56. The zero-order chi connectivity index (χ0) is 16.8. The number of ether oxygens (including phenoxy) is 1. The van der Waals surface area contributed by atoms with Crippen LogP contribution in [0.5, 0.6) is 5.75 Å². The molecular weight excluding hydrogens is 300 g/mol. The third-order valence-corrected chi connectivity index (χ3v) is 3.69. The van der Waals surface area contributed by atoms with Gasteiger partial charge in [-0.3, -0.25) is 0 Å². The van der Waals surface area contributed by atoms with Crippen molar-refractivity contribution in [1.82, 2.24) is 9.97 Å². The summed E-state index contributed by atoms with van der Waals surface area (Å²) in [5, 5.41) is 6.65. The highest BCUT2D eigenvalue weighted by molar-refractivity contribution is 5.59. The van der Waals surface area contributed by atoms with Crippen LogP contribution < -0.4 is 15.4 Å². The molecule has 0 saturated carbocycles. The molecule has 24 heavy (non-hydrogen) atoms. The zero-order valence-electron chi connectivity index (χ0n) is 13.7. The Balaban J connectivity index is 1.69. The molecule has 1 aromatic heterocycles. The Bertz CT molecular complexity index is 775. The second kappa shape index (κ2) is 7.46. The fourth-order valence-electron chi connectivity index (χ4n) is 2.37. The Kier molecular flexibility index (Phi) is 4.91. The first-order valence-corrected chi connectivity index (χ1v) is 7.79. The van der Waals surface area contributed by atoms with Crippen molar-refractivity contribution < 1.29 is 4.74 Å². The zero-order valence-corrected chi connectivity index (χ0v) is 13.7. The monoisotopic (exact) mass is 320 g/mol. The standard InChI is InChI=1S/C19H20N4O/c1-14(15-6-4-3-5-7-15)22-18-12-19(21-13-20-18)23-16-8-10-17(24-2)11-9-16/h3-14H,1-2H3,(H2,20,21,22,23). The second-order valence-electron chi connectivity index (χ2n) is 5.42. The second-order valence-corrected chi connectivity index (χ2v) is 5.42. The van der Waals surface area contributed by atoms with Gasteiger partial charge in [0.25, 0.3) is 0 Å². The Morgan fingerprint density at radius 2 is 1.62 bits per heavy atom. The van der Waals surface area contributed by atoms with Gasteiger partial charge in [0.2, 0.25) is 0 Å². The number of nitrogens with zero attached hydrogens (tertiary/aromatic N) is 2. The number of hydrogen-bond acceptors (Lipinski definition) is 5. The Morgan fingerprint density at radius 1 is 0.917 bits per heavy atom. The summed E-state index contributed by atoms with van der Waals surface area (Å²) in [6.07, 6.45) is 1.55. The third-order valence-electron chi connectivity index (χ3n) is 3.69. The average Bonchev–Trinajstić information content (AvgIpc) is 2.63. The highest BCUT2D eigenvalue weighted by atomic mass is 16.5. The van der Waals surface area contributed by atoms with E-state index in [9.17, 15) is 0 Å². The number of anilines is 3. The minimum Gasteiger partial charge on any atom is -0.497 e. The van der Waals surface area contributed by atoms with E-state index >= 15 is 0 Å². The maximum atomic E-state index is 5.16. The maximum Gasteiger partial charge on any atom is 0.135 e. The highest BCUT2D eigenvalue weighted by Crippen LogP contribution is 2.22. The lowest BCUT2D eigenvalue weighted by Crippen LogP contribution is -2.08. The molecule has 3 aromatic rings. The first-order valence-electron chi connectivity index (χ1n) is 7.79. The average molecular weight is 320 g/mol. The Labute approximate surface area is 141 Å². The molecule has 1 heterocycles. The summed E-state index contributed by atoms with van der Waals surface area (Å²) in [6.45, 7) is 2.11. The third kappa shape index (κ3) is 4.01. The van der Waals surface area contributed by atoms with Crippen LogP contribution in [0.3, 0.4) is 0 Å². The number of rotatable bonds is 6. The Hall–Kier alpha value is -3.08. The fraction of sp³-hybridized carbons (Fsp3) is 0.158. The van der Waals surface area contributed by atoms with Crippen molar-refractivity contribution in [3.8, 4) is 5.75 Å². The predicted octanol–water partition coefficient (Wildman–Crippen LogP) is 4.40. The van der Waals surface area contributed by atoms with Crippen LogP contribution in [0.1, 0.15) is 18.5 Å². The SMILES string of the molecule is COc1ccc(Nc2cc(NC(C)c3ccccc3)ncn2)cc1. The number of nitrogens with one attached hydrogen (secondary N) is 2. The summed E-state index contributed by atoms with van der Waals surface area (Å²) < 4.78 is 5.16. The quantitative estimate of drug-likeness (QED) is 0.705. The molecule has 0 aliphatic rings. The molecule has 1 unspecified atom stereocenters. The maximum absolute atomic E-state index is 5.16. The molecule has 0 aliphatic heterocycles. The molecule has 0 amide bonds. The molecule has 0 fully saturated rings. The topological polar surface area (TPSA) is 59.1 Å². The molecule has 3 rings (SSSR count). The van der Waals surface area contributed by atoms with Gasteiger partial charge in [0.15, 0.2) is 0 Å². The number of hydrogen-bond donors (Lipinski definition) is 2. The van der Waals surface area contributed by atoms with Gasteiger partial charge in [0.05, 0.1) is 7.11 Å². The van der Waals surface area contributed by atoms with Gasteiger partial charge < -0.3 is 15.4 Å². The van der Waals surface area contributed by atoms with Gasteiger partial charge >= 0.3 is 0 Å². The molecule has 0 aliphatic carbocycles. The van der Waals surface area contributed by atoms with E-state index in [0.29, 0.717) is 0 Å². The lowest BCUT2D eigenvalue weighted by atomic mass is 10.1. The van der Waals surface area contributed by atoms with Crippen LogP contribution in [-0.2, 0) is 0 Å². The van der Waals surface area contributed by atoms with Crippen LogP contribution in [-0.4, -0.2) is 17.1 Å². The normalized spacial score (nSPS) is 11.6. The summed E-state index contributed by atoms with van der Waals surface area (Å²) in [6, 6.07) is 20.0. The molecule has 122 valence electrons. The highest BCUT2D eigenvalue weighted by Gasteiger charge is 2.06. The molecule has 0 saturated heterocycles. The van der Waals surface area contributed by atoms with Crippen molar-refractivity contribution in [3.63, 3.8) is 0 Å². The van der Waals surface area contributed by atoms with Gasteiger partial charge in [-0.15, -0.1) is 0 Å². The Morgan fingerprint density at radius 3 is 2.33 bits per heavy atom.